The lowest BCUT2D eigenvalue weighted by molar-refractivity contribution is -0.117. The van der Waals surface area contributed by atoms with Crippen molar-refractivity contribution in [3.63, 3.8) is 0 Å². The smallest absolute Gasteiger partial charge is 0.231 e. The number of aromatic nitrogens is 3. The van der Waals surface area contributed by atoms with Crippen LogP contribution in [0.15, 0.2) is 48.9 Å². The average molecular weight is 503 g/mol. The number of likely N-dealkylation sites (tertiary alicyclic amines) is 1. The predicted octanol–water partition coefficient (Wildman–Crippen LogP) is 4.36. The minimum Gasteiger partial charge on any atom is -0.383 e. The number of nitrogen functional groups attached to an aromatic ring is 1. The minimum absolute atomic E-state index is 0.0623. The van der Waals surface area contributed by atoms with Gasteiger partial charge in [0.15, 0.2) is 0 Å². The van der Waals surface area contributed by atoms with Gasteiger partial charge in [0.2, 0.25) is 5.91 Å². The van der Waals surface area contributed by atoms with E-state index in [1.165, 1.54) is 6.33 Å². The van der Waals surface area contributed by atoms with E-state index in [-0.39, 0.29) is 17.9 Å². The molecule has 0 atom stereocenters. The van der Waals surface area contributed by atoms with Crippen molar-refractivity contribution in [1.29, 1.82) is 0 Å². The Labute approximate surface area is 213 Å². The Kier molecular flexibility index (Phi) is 5.87. The van der Waals surface area contributed by atoms with Gasteiger partial charge in [0, 0.05) is 35.6 Å². The fraction of sp³-hybridized carbons (Fsp3) is 0.321. The molecular formula is C28H28F2N6O. The van der Waals surface area contributed by atoms with Crippen LogP contribution in [-0.2, 0) is 17.6 Å². The number of amides is 1. The fourth-order valence-electron chi connectivity index (χ4n) is 5.64. The number of anilines is 2. The van der Waals surface area contributed by atoms with Crippen molar-refractivity contribution in [2.75, 3.05) is 37.3 Å². The third kappa shape index (κ3) is 4.23. The van der Waals surface area contributed by atoms with Crippen LogP contribution in [0.2, 0.25) is 0 Å². The number of carbonyl (C=O) groups is 1. The Hall–Kier alpha value is -3.85. The summed E-state index contributed by atoms with van der Waals surface area (Å²) >= 11 is 0. The maximum Gasteiger partial charge on any atom is 0.231 e. The zero-order chi connectivity index (χ0) is 25.7. The summed E-state index contributed by atoms with van der Waals surface area (Å²) in [5.41, 5.74) is 11.0. The number of rotatable bonds is 4. The summed E-state index contributed by atoms with van der Waals surface area (Å²) in [7, 11) is 2.14. The van der Waals surface area contributed by atoms with E-state index in [4.69, 9.17) is 5.73 Å². The molecule has 9 heteroatoms. The number of benzene rings is 2. The largest absolute Gasteiger partial charge is 0.383 e. The van der Waals surface area contributed by atoms with E-state index in [0.29, 0.717) is 24.8 Å². The number of piperidine rings is 1. The van der Waals surface area contributed by atoms with Gasteiger partial charge < -0.3 is 20.1 Å². The second-order valence-corrected chi connectivity index (χ2v) is 9.99. The molecule has 2 N–H and O–H groups in total. The molecule has 1 fully saturated rings. The molecule has 0 spiro atoms. The molecule has 0 radical (unpaired) electrons. The van der Waals surface area contributed by atoms with E-state index in [2.05, 4.69) is 38.7 Å². The molecule has 4 aromatic rings. The molecule has 2 aromatic carbocycles. The molecular weight excluding hydrogens is 474 g/mol. The maximum absolute atomic E-state index is 14.1. The first-order valence-electron chi connectivity index (χ1n) is 12.6. The van der Waals surface area contributed by atoms with Gasteiger partial charge in [-0.25, -0.2) is 18.7 Å². The van der Waals surface area contributed by atoms with Gasteiger partial charge in [0.25, 0.3) is 0 Å². The molecule has 37 heavy (non-hydrogen) atoms. The highest BCUT2D eigenvalue weighted by Crippen LogP contribution is 2.39. The monoisotopic (exact) mass is 502 g/mol. The Morgan fingerprint density at radius 3 is 2.70 bits per heavy atom. The molecule has 7 nitrogen and oxygen atoms in total. The van der Waals surface area contributed by atoms with Crippen molar-refractivity contribution in [3.8, 4) is 11.1 Å². The molecule has 6 rings (SSSR count). The van der Waals surface area contributed by atoms with Crippen molar-refractivity contribution in [1.82, 2.24) is 19.4 Å². The highest BCUT2D eigenvalue weighted by molar-refractivity contribution is 6.02. The second-order valence-electron chi connectivity index (χ2n) is 9.99. The van der Waals surface area contributed by atoms with Gasteiger partial charge in [-0.2, -0.15) is 0 Å². The number of nitrogens with two attached hydrogens (primary N) is 1. The topological polar surface area (TPSA) is 80.3 Å². The van der Waals surface area contributed by atoms with Crippen LogP contribution in [0.25, 0.3) is 22.2 Å². The van der Waals surface area contributed by atoms with Crippen molar-refractivity contribution in [3.05, 3.63) is 71.7 Å². The first-order valence-corrected chi connectivity index (χ1v) is 12.6. The van der Waals surface area contributed by atoms with E-state index in [0.717, 1.165) is 77.5 Å². The normalized spacial score (nSPS) is 16.5. The minimum atomic E-state index is -0.578. The average Bonchev–Trinajstić information content (AvgIpc) is 3.49. The zero-order valence-corrected chi connectivity index (χ0v) is 20.6. The maximum atomic E-state index is 14.1. The van der Waals surface area contributed by atoms with Crippen molar-refractivity contribution in [2.45, 2.75) is 31.7 Å². The van der Waals surface area contributed by atoms with Crippen LogP contribution >= 0.6 is 0 Å². The quantitative estimate of drug-likeness (QED) is 0.449. The van der Waals surface area contributed by atoms with Crippen molar-refractivity contribution < 1.29 is 13.6 Å². The van der Waals surface area contributed by atoms with E-state index >= 15 is 0 Å². The third-order valence-electron chi connectivity index (χ3n) is 7.66. The highest BCUT2D eigenvalue weighted by atomic mass is 19.1. The number of halogens is 2. The van der Waals surface area contributed by atoms with Crippen LogP contribution in [0.4, 0.5) is 20.3 Å². The number of fused-ring (bicyclic) bond motifs is 2. The van der Waals surface area contributed by atoms with Gasteiger partial charge in [-0.15, -0.1) is 0 Å². The molecule has 2 aliphatic rings. The standard InChI is InChI=1S/C28H28F2N6O/c1-34-9-7-21(8-10-34)36-15-22(26-27(31)32-16-33-28(26)36)17-2-5-24-18(12-17)6-11-35(24)25(37)14-19-13-20(29)3-4-23(19)30/h2-5,12-13,15-16,21H,6-11,14H2,1H3,(H2,31,32,33). The number of hydrogen-bond acceptors (Lipinski definition) is 5. The molecule has 0 unspecified atom stereocenters. The summed E-state index contributed by atoms with van der Waals surface area (Å²) in [5.74, 6) is -0.947. The molecule has 1 amide bonds. The third-order valence-corrected chi connectivity index (χ3v) is 7.66. The SMILES string of the molecule is CN1CCC(n2cc(-c3ccc4c(c3)CCN4C(=O)Cc3cc(F)ccc3F)c3c(N)ncnc32)CC1. The summed E-state index contributed by atoms with van der Waals surface area (Å²) in [6.07, 6.45) is 6.22. The molecule has 4 heterocycles. The summed E-state index contributed by atoms with van der Waals surface area (Å²) in [6, 6.07) is 9.53. The Bertz CT molecular complexity index is 1510. The lowest BCUT2D eigenvalue weighted by Crippen LogP contribution is -2.31. The van der Waals surface area contributed by atoms with E-state index < -0.39 is 11.6 Å². The highest BCUT2D eigenvalue weighted by Gasteiger charge is 2.28. The van der Waals surface area contributed by atoms with Gasteiger partial charge in [-0.3, -0.25) is 4.79 Å². The Balaban J connectivity index is 1.32. The van der Waals surface area contributed by atoms with Crippen LogP contribution in [0.5, 0.6) is 0 Å². The summed E-state index contributed by atoms with van der Waals surface area (Å²) in [6.45, 7) is 2.56. The van der Waals surface area contributed by atoms with Gasteiger partial charge in [0.05, 0.1) is 11.8 Å². The molecule has 2 aromatic heterocycles. The van der Waals surface area contributed by atoms with Crippen LogP contribution in [0.1, 0.15) is 30.0 Å². The van der Waals surface area contributed by atoms with Crippen LogP contribution in [0.3, 0.4) is 0 Å². The number of carbonyl (C=O) groups excluding carboxylic acids is 1. The summed E-state index contributed by atoms with van der Waals surface area (Å²) in [4.78, 5) is 25.9. The first-order chi connectivity index (χ1) is 17.9. The van der Waals surface area contributed by atoms with E-state index in [9.17, 15) is 13.6 Å². The summed E-state index contributed by atoms with van der Waals surface area (Å²) in [5, 5.41) is 0.842. The molecule has 0 bridgehead atoms. The van der Waals surface area contributed by atoms with Crippen LogP contribution < -0.4 is 10.6 Å². The predicted molar refractivity (Wildman–Crippen MR) is 139 cm³/mol. The number of nitrogens with zero attached hydrogens (tertiary/aromatic N) is 5. The summed E-state index contributed by atoms with van der Waals surface area (Å²) < 4.78 is 29.9. The Morgan fingerprint density at radius 1 is 1.08 bits per heavy atom. The first kappa shape index (κ1) is 23.5. The van der Waals surface area contributed by atoms with Crippen LogP contribution in [0, 0.1) is 11.6 Å². The lowest BCUT2D eigenvalue weighted by Gasteiger charge is -2.30. The molecule has 0 aliphatic carbocycles. The van der Waals surface area contributed by atoms with Gasteiger partial charge in [0.1, 0.15) is 29.4 Å². The van der Waals surface area contributed by atoms with Gasteiger partial charge in [-0.05, 0) is 80.9 Å². The van der Waals surface area contributed by atoms with E-state index in [1.807, 2.05) is 12.1 Å². The number of hydrogen-bond donors (Lipinski definition) is 1. The fourth-order valence-corrected chi connectivity index (χ4v) is 5.64. The van der Waals surface area contributed by atoms with Gasteiger partial charge >= 0.3 is 0 Å². The van der Waals surface area contributed by atoms with Crippen molar-refractivity contribution in [2.24, 2.45) is 0 Å². The van der Waals surface area contributed by atoms with Gasteiger partial charge in [-0.1, -0.05) is 6.07 Å². The molecule has 0 saturated carbocycles. The molecule has 190 valence electrons. The second kappa shape index (κ2) is 9.23. The Morgan fingerprint density at radius 2 is 1.89 bits per heavy atom. The lowest BCUT2D eigenvalue weighted by atomic mass is 10.0. The molecule has 2 aliphatic heterocycles. The van der Waals surface area contributed by atoms with Crippen molar-refractivity contribution >= 4 is 28.4 Å². The van der Waals surface area contributed by atoms with Crippen LogP contribution in [-0.4, -0.2) is 52.0 Å². The zero-order valence-electron chi connectivity index (χ0n) is 20.6. The van der Waals surface area contributed by atoms with E-state index in [1.54, 1.807) is 4.90 Å². The molecule has 1 saturated heterocycles.